The maximum absolute atomic E-state index is 13.6. The molecule has 0 spiro atoms. The van der Waals surface area contributed by atoms with Crippen LogP contribution in [0.5, 0.6) is 11.5 Å². The fourth-order valence-electron chi connectivity index (χ4n) is 2.64. The molecule has 7 nitrogen and oxygen atoms in total. The topological polar surface area (TPSA) is 90.7 Å². The van der Waals surface area contributed by atoms with Gasteiger partial charge in [0, 0.05) is 18.7 Å². The lowest BCUT2D eigenvalue weighted by atomic mass is 10.1. The molecule has 154 valence electrons. The minimum atomic E-state index is -1.02. The second-order valence-electron chi connectivity index (χ2n) is 6.36. The Balaban J connectivity index is 1.46. The van der Waals surface area contributed by atoms with Gasteiger partial charge in [0.2, 0.25) is 5.82 Å². The van der Waals surface area contributed by atoms with Crippen LogP contribution in [0.2, 0.25) is 0 Å². The Bertz CT molecular complexity index is 1030. The van der Waals surface area contributed by atoms with Crippen LogP contribution < -0.4 is 14.8 Å². The minimum absolute atomic E-state index is 0.0355. The van der Waals surface area contributed by atoms with Gasteiger partial charge in [-0.3, -0.25) is 14.9 Å². The highest BCUT2D eigenvalue weighted by atomic mass is 19.1. The molecule has 0 atom stereocenters. The maximum Gasteiger partial charge on any atom is 0.305 e. The van der Waals surface area contributed by atoms with Gasteiger partial charge in [0.1, 0.15) is 18.1 Å². The van der Waals surface area contributed by atoms with E-state index in [9.17, 15) is 19.3 Å². The SMILES string of the molecule is O=C(COc1ccc([N+](=O)[O-])c(F)c1)NCc1cccc(COc2ccccc2)c1. The molecule has 0 saturated heterocycles. The summed E-state index contributed by atoms with van der Waals surface area (Å²) in [5, 5.41) is 13.3. The number of ether oxygens (including phenoxy) is 2. The van der Waals surface area contributed by atoms with Crippen LogP contribution in [0.4, 0.5) is 10.1 Å². The first-order valence-corrected chi connectivity index (χ1v) is 9.10. The van der Waals surface area contributed by atoms with Crippen molar-refractivity contribution in [2.45, 2.75) is 13.2 Å². The van der Waals surface area contributed by atoms with Gasteiger partial charge in [0.25, 0.3) is 5.91 Å². The quantitative estimate of drug-likeness (QED) is 0.425. The summed E-state index contributed by atoms with van der Waals surface area (Å²) in [6.45, 7) is 0.352. The van der Waals surface area contributed by atoms with Crippen molar-refractivity contribution in [2.24, 2.45) is 0 Å². The van der Waals surface area contributed by atoms with E-state index in [0.717, 1.165) is 29.0 Å². The van der Waals surface area contributed by atoms with Crippen LogP contribution in [0.1, 0.15) is 11.1 Å². The summed E-state index contributed by atoms with van der Waals surface area (Å²) >= 11 is 0. The normalized spacial score (nSPS) is 10.3. The molecule has 8 heteroatoms. The largest absolute Gasteiger partial charge is 0.489 e. The maximum atomic E-state index is 13.6. The second-order valence-corrected chi connectivity index (χ2v) is 6.36. The van der Waals surface area contributed by atoms with E-state index in [1.165, 1.54) is 6.07 Å². The Labute approximate surface area is 172 Å². The predicted molar refractivity (Wildman–Crippen MR) is 108 cm³/mol. The molecule has 0 radical (unpaired) electrons. The highest BCUT2D eigenvalue weighted by Crippen LogP contribution is 2.22. The molecule has 0 aromatic heterocycles. The average molecular weight is 410 g/mol. The van der Waals surface area contributed by atoms with Gasteiger partial charge in [-0.25, -0.2) is 0 Å². The van der Waals surface area contributed by atoms with E-state index in [0.29, 0.717) is 6.61 Å². The molecule has 3 rings (SSSR count). The molecule has 0 unspecified atom stereocenters. The fraction of sp³-hybridized carbons (Fsp3) is 0.136. The monoisotopic (exact) mass is 410 g/mol. The highest BCUT2D eigenvalue weighted by Gasteiger charge is 2.14. The summed E-state index contributed by atoms with van der Waals surface area (Å²) in [6.07, 6.45) is 0. The molecule has 0 aliphatic carbocycles. The lowest BCUT2D eigenvalue weighted by molar-refractivity contribution is -0.387. The van der Waals surface area contributed by atoms with Crippen LogP contribution >= 0.6 is 0 Å². The van der Waals surface area contributed by atoms with E-state index < -0.39 is 22.3 Å². The lowest BCUT2D eigenvalue weighted by Crippen LogP contribution is -2.28. The van der Waals surface area contributed by atoms with E-state index in [1.54, 1.807) is 0 Å². The van der Waals surface area contributed by atoms with Crippen molar-refractivity contribution >= 4 is 11.6 Å². The molecule has 0 heterocycles. The molecule has 0 bridgehead atoms. The van der Waals surface area contributed by atoms with Crippen molar-refractivity contribution in [1.29, 1.82) is 0 Å². The molecule has 1 amide bonds. The Morgan fingerprint density at radius 1 is 0.933 bits per heavy atom. The van der Waals surface area contributed by atoms with Gasteiger partial charge in [0.05, 0.1) is 4.92 Å². The number of nitrogens with one attached hydrogen (secondary N) is 1. The number of nitro benzene ring substituents is 1. The zero-order valence-electron chi connectivity index (χ0n) is 15.9. The van der Waals surface area contributed by atoms with E-state index >= 15 is 0 Å². The zero-order chi connectivity index (χ0) is 21.3. The molecule has 3 aromatic carbocycles. The van der Waals surface area contributed by atoms with E-state index in [-0.39, 0.29) is 18.9 Å². The number of nitro groups is 1. The summed E-state index contributed by atoms with van der Waals surface area (Å²) in [4.78, 5) is 21.8. The summed E-state index contributed by atoms with van der Waals surface area (Å²) in [7, 11) is 0. The molecule has 0 fully saturated rings. The van der Waals surface area contributed by atoms with Gasteiger partial charge in [0.15, 0.2) is 6.61 Å². The second kappa shape index (κ2) is 10.0. The molecule has 0 aliphatic rings. The third-order valence-corrected chi connectivity index (χ3v) is 4.12. The number of carbonyl (C=O) groups is 1. The Morgan fingerprint density at radius 2 is 1.70 bits per heavy atom. The van der Waals surface area contributed by atoms with Gasteiger partial charge in [-0.05, 0) is 29.3 Å². The number of para-hydroxylation sites is 1. The van der Waals surface area contributed by atoms with Crippen LogP contribution in [0.15, 0.2) is 72.8 Å². The van der Waals surface area contributed by atoms with Gasteiger partial charge in [-0.2, -0.15) is 4.39 Å². The zero-order valence-corrected chi connectivity index (χ0v) is 15.9. The predicted octanol–water partition coefficient (Wildman–Crippen LogP) is 4.01. The molecule has 30 heavy (non-hydrogen) atoms. The Morgan fingerprint density at radius 3 is 2.43 bits per heavy atom. The first-order valence-electron chi connectivity index (χ1n) is 9.10. The minimum Gasteiger partial charge on any atom is -0.489 e. The number of benzene rings is 3. The van der Waals surface area contributed by atoms with Crippen molar-refractivity contribution in [1.82, 2.24) is 5.32 Å². The fourth-order valence-corrected chi connectivity index (χ4v) is 2.64. The number of carbonyl (C=O) groups excluding carboxylic acids is 1. The summed E-state index contributed by atoms with van der Waals surface area (Å²) in [6, 6.07) is 20.2. The van der Waals surface area contributed by atoms with Gasteiger partial charge >= 0.3 is 5.69 Å². The van der Waals surface area contributed by atoms with Crippen LogP contribution in [-0.4, -0.2) is 17.4 Å². The first kappa shape index (κ1) is 20.8. The van der Waals surface area contributed by atoms with Crippen LogP contribution in [0.25, 0.3) is 0 Å². The Hall–Kier alpha value is -3.94. The van der Waals surface area contributed by atoms with Gasteiger partial charge in [-0.1, -0.05) is 42.5 Å². The third kappa shape index (κ3) is 6.03. The van der Waals surface area contributed by atoms with E-state index in [2.05, 4.69) is 5.32 Å². The molecule has 0 aliphatic heterocycles. The molecule has 0 saturated carbocycles. The highest BCUT2D eigenvalue weighted by molar-refractivity contribution is 5.77. The number of amides is 1. The van der Waals surface area contributed by atoms with E-state index in [4.69, 9.17) is 9.47 Å². The van der Waals surface area contributed by atoms with Crippen molar-refractivity contribution in [2.75, 3.05) is 6.61 Å². The van der Waals surface area contributed by atoms with Crippen molar-refractivity contribution in [3.05, 3.63) is 99.9 Å². The Kier molecular flexibility index (Phi) is 6.94. The third-order valence-electron chi connectivity index (χ3n) is 4.12. The lowest BCUT2D eigenvalue weighted by Gasteiger charge is -2.10. The molecule has 1 N–H and O–H groups in total. The van der Waals surface area contributed by atoms with Crippen LogP contribution in [0, 0.1) is 15.9 Å². The van der Waals surface area contributed by atoms with Gasteiger partial charge in [-0.15, -0.1) is 0 Å². The number of rotatable bonds is 9. The summed E-state index contributed by atoms with van der Waals surface area (Å²) in [5.74, 6) is -0.614. The number of nitrogens with zero attached hydrogens (tertiary/aromatic N) is 1. The average Bonchev–Trinajstić information content (AvgIpc) is 2.75. The number of hydrogen-bond donors (Lipinski definition) is 1. The first-order chi connectivity index (χ1) is 14.5. The summed E-state index contributed by atoms with van der Waals surface area (Å²) < 4.78 is 24.5. The standard InChI is InChI=1S/C22H19FN2O5/c23-20-12-19(9-10-21(20)25(27)28)30-15-22(26)24-13-16-5-4-6-17(11-16)14-29-18-7-2-1-3-8-18/h1-12H,13-15H2,(H,24,26). The smallest absolute Gasteiger partial charge is 0.305 e. The van der Waals surface area contributed by atoms with Crippen LogP contribution in [0.3, 0.4) is 0 Å². The number of halogens is 1. The van der Waals surface area contributed by atoms with Crippen molar-refractivity contribution in [3.8, 4) is 11.5 Å². The van der Waals surface area contributed by atoms with Crippen LogP contribution in [-0.2, 0) is 17.9 Å². The van der Waals surface area contributed by atoms with Crippen molar-refractivity contribution < 1.29 is 23.6 Å². The van der Waals surface area contributed by atoms with E-state index in [1.807, 2.05) is 54.6 Å². The number of hydrogen-bond acceptors (Lipinski definition) is 5. The molecular formula is C22H19FN2O5. The summed E-state index contributed by atoms with van der Waals surface area (Å²) in [5.41, 5.74) is 1.20. The van der Waals surface area contributed by atoms with Crippen molar-refractivity contribution in [3.63, 3.8) is 0 Å². The molecular weight excluding hydrogens is 391 g/mol. The van der Waals surface area contributed by atoms with Gasteiger partial charge < -0.3 is 14.8 Å². The molecule has 3 aromatic rings.